The fourth-order valence-electron chi connectivity index (χ4n) is 4.94. The maximum absolute atomic E-state index is 14.5. The molecule has 3 aromatic carbocycles. The van der Waals surface area contributed by atoms with Gasteiger partial charge in [0.05, 0.1) is 6.04 Å². The number of alkyl carbamates (subject to hydrolysis) is 1. The third-order valence-electron chi connectivity index (χ3n) is 6.61. The first-order chi connectivity index (χ1) is 21.0. The minimum atomic E-state index is -3.13. The van der Waals surface area contributed by atoms with Crippen molar-refractivity contribution in [1.82, 2.24) is 10.2 Å². The molecule has 3 rings (SSSR count). The third kappa shape index (κ3) is 7.86. The number of hydrogen-bond acceptors (Lipinski definition) is 5. The molecule has 0 saturated heterocycles. The Bertz CT molecular complexity index is 1450. The molecular formula is C36H41N2O5P. The normalized spacial score (nSPS) is 12.3. The summed E-state index contributed by atoms with van der Waals surface area (Å²) in [5.74, 6) is -1.09. The van der Waals surface area contributed by atoms with E-state index >= 15 is 0 Å². The topological polar surface area (TPSA) is 84.9 Å². The molecule has 0 saturated carbocycles. The van der Waals surface area contributed by atoms with Gasteiger partial charge in [0.25, 0.3) is 0 Å². The zero-order valence-corrected chi connectivity index (χ0v) is 26.9. The molecule has 0 unspecified atom stereocenters. The number of carbonyl (C=O) groups is 3. The highest BCUT2D eigenvalue weighted by atomic mass is 31.2. The minimum Gasteiger partial charge on any atom is -0.457 e. The summed E-state index contributed by atoms with van der Waals surface area (Å²) < 4.78 is 11.3. The number of allylic oxidation sites excluding steroid dienone is 2. The number of hydrogen-bond donors (Lipinski definition) is 1. The van der Waals surface area contributed by atoms with Crippen LogP contribution in [0, 0.1) is 0 Å². The zero-order chi connectivity index (χ0) is 32.3. The van der Waals surface area contributed by atoms with E-state index in [4.69, 9.17) is 9.47 Å². The molecule has 7 nitrogen and oxygen atoms in total. The van der Waals surface area contributed by atoms with E-state index in [9.17, 15) is 14.4 Å². The average molecular weight is 613 g/mol. The third-order valence-corrected chi connectivity index (χ3v) is 10.9. The highest BCUT2D eigenvalue weighted by Crippen LogP contribution is 2.47. The average Bonchev–Trinajstić information content (AvgIpc) is 3.00. The summed E-state index contributed by atoms with van der Waals surface area (Å²) in [6.07, 6.45) is 3.88. The molecule has 0 spiro atoms. The standard InChI is InChI=1S/C36H41N2O5P/c1-8-19-32(37-35(41)43-36(5,6)7)27(3)38(28(4)39)33(34(40)42-26-9-2)44(29-20-13-10-14-21-29,30-22-15-11-16-23-30)31-24-17-12-18-25-31/h8-25,27H,1-2,26H2,3-7H3,(H,37,41)/b32-19+/t27-/m1/s1. The van der Waals surface area contributed by atoms with E-state index in [1.54, 1.807) is 33.8 Å². The number of benzene rings is 3. The van der Waals surface area contributed by atoms with Crippen molar-refractivity contribution in [3.05, 3.63) is 128 Å². The molecule has 8 heteroatoms. The molecule has 0 aliphatic rings. The van der Waals surface area contributed by atoms with E-state index in [0.717, 1.165) is 15.9 Å². The van der Waals surface area contributed by atoms with Crippen molar-refractivity contribution in [2.24, 2.45) is 0 Å². The van der Waals surface area contributed by atoms with Crippen LogP contribution < -0.4 is 21.2 Å². The van der Waals surface area contributed by atoms with Crippen LogP contribution in [0.5, 0.6) is 0 Å². The second kappa shape index (κ2) is 15.2. The Morgan fingerprint density at radius 1 is 0.864 bits per heavy atom. The Kier molecular flexibility index (Phi) is 11.7. The number of rotatable bonds is 11. The Labute approximate surface area is 260 Å². The van der Waals surface area contributed by atoms with E-state index in [0.29, 0.717) is 5.70 Å². The first kappa shape index (κ1) is 33.9. The summed E-state index contributed by atoms with van der Waals surface area (Å²) in [6, 6.07) is 28.2. The van der Waals surface area contributed by atoms with Crippen molar-refractivity contribution in [2.45, 2.75) is 46.3 Å². The Hall–Kier alpha value is -4.61. The molecule has 0 heterocycles. The zero-order valence-electron chi connectivity index (χ0n) is 26.0. The fourth-order valence-corrected chi connectivity index (χ4v) is 9.40. The Balaban J connectivity index is 2.55. The Morgan fingerprint density at radius 3 is 1.68 bits per heavy atom. The van der Waals surface area contributed by atoms with Gasteiger partial charge in [0.15, 0.2) is 0 Å². The van der Waals surface area contributed by atoms with Crippen molar-refractivity contribution >= 4 is 46.2 Å². The lowest BCUT2D eigenvalue weighted by Gasteiger charge is -2.39. The molecule has 0 aromatic heterocycles. The molecule has 1 N–H and O–H groups in total. The van der Waals surface area contributed by atoms with E-state index in [1.165, 1.54) is 24.0 Å². The summed E-state index contributed by atoms with van der Waals surface area (Å²) >= 11 is 0. The molecule has 0 bridgehead atoms. The SMILES string of the molecule is C=C/C=C(/NC(=O)OC(C)(C)C)[C@@H](C)N(C(C)=O)C(C(=O)OCC=C)=P(c1ccccc1)(c1ccccc1)c1ccccc1. The van der Waals surface area contributed by atoms with E-state index < -0.39 is 36.5 Å². The minimum absolute atomic E-state index is 0.0632. The predicted molar refractivity (Wildman–Crippen MR) is 181 cm³/mol. The van der Waals surface area contributed by atoms with Crippen molar-refractivity contribution in [3.8, 4) is 0 Å². The summed E-state index contributed by atoms with van der Waals surface area (Å²) in [6.45, 7) is 12.7. The van der Waals surface area contributed by atoms with Crippen LogP contribution in [-0.2, 0) is 19.1 Å². The van der Waals surface area contributed by atoms with Gasteiger partial charge in [-0.25, -0.2) is 9.59 Å². The van der Waals surface area contributed by atoms with Crippen LogP contribution in [0.1, 0.15) is 34.6 Å². The number of amides is 2. The van der Waals surface area contributed by atoms with Crippen molar-refractivity contribution in [3.63, 3.8) is 0 Å². The van der Waals surface area contributed by atoms with Crippen LogP contribution in [0.4, 0.5) is 4.79 Å². The number of esters is 1. The summed E-state index contributed by atoms with van der Waals surface area (Å²) in [7, 11) is 0. The number of ether oxygens (including phenoxy) is 2. The van der Waals surface area contributed by atoms with Gasteiger partial charge in [0, 0.05) is 19.5 Å². The lowest BCUT2D eigenvalue weighted by molar-refractivity contribution is -0.137. The van der Waals surface area contributed by atoms with Gasteiger partial charge in [-0.2, -0.15) is 0 Å². The summed E-state index contributed by atoms with van der Waals surface area (Å²) in [5.41, 5.74) is -0.289. The summed E-state index contributed by atoms with van der Waals surface area (Å²) in [4.78, 5) is 42.7. The van der Waals surface area contributed by atoms with Gasteiger partial charge in [-0.1, -0.05) is 116 Å². The first-order valence-electron chi connectivity index (χ1n) is 14.3. The smallest absolute Gasteiger partial charge is 0.411 e. The van der Waals surface area contributed by atoms with Crippen LogP contribution >= 0.6 is 6.89 Å². The molecule has 1 atom stereocenters. The van der Waals surface area contributed by atoms with E-state index in [-0.39, 0.29) is 12.0 Å². The molecule has 0 aliphatic carbocycles. The van der Waals surface area contributed by atoms with Crippen LogP contribution in [0.15, 0.2) is 128 Å². The number of carbonyl (C=O) groups excluding carboxylic acids is 3. The molecular weight excluding hydrogens is 571 g/mol. The van der Waals surface area contributed by atoms with Crippen LogP contribution in [0.3, 0.4) is 0 Å². The van der Waals surface area contributed by atoms with Crippen LogP contribution in [-0.4, -0.2) is 46.5 Å². The van der Waals surface area contributed by atoms with E-state index in [2.05, 4.69) is 18.5 Å². The lowest BCUT2D eigenvalue weighted by Crippen LogP contribution is -2.52. The predicted octanol–water partition coefficient (Wildman–Crippen LogP) is 5.67. The highest BCUT2D eigenvalue weighted by Gasteiger charge is 2.41. The maximum atomic E-state index is 14.5. The fraction of sp³-hybridized carbons (Fsp3) is 0.222. The second-order valence-corrected chi connectivity index (χ2v) is 14.3. The molecule has 0 radical (unpaired) electrons. The van der Waals surface area contributed by atoms with Gasteiger partial charge in [0.2, 0.25) is 5.91 Å². The van der Waals surface area contributed by atoms with Crippen molar-refractivity contribution < 1.29 is 23.9 Å². The van der Waals surface area contributed by atoms with Gasteiger partial charge in [0.1, 0.15) is 17.6 Å². The Morgan fingerprint density at radius 2 is 1.32 bits per heavy atom. The second-order valence-electron chi connectivity index (χ2n) is 10.9. The monoisotopic (exact) mass is 612 g/mol. The largest absolute Gasteiger partial charge is 0.457 e. The molecule has 0 aliphatic heterocycles. The van der Waals surface area contributed by atoms with Crippen molar-refractivity contribution in [2.75, 3.05) is 6.61 Å². The van der Waals surface area contributed by atoms with Crippen LogP contribution in [0.2, 0.25) is 0 Å². The lowest BCUT2D eigenvalue weighted by atomic mass is 10.1. The van der Waals surface area contributed by atoms with Gasteiger partial charge < -0.3 is 9.47 Å². The summed E-state index contributed by atoms with van der Waals surface area (Å²) in [5, 5.41) is 5.31. The van der Waals surface area contributed by atoms with Gasteiger partial charge in [-0.3, -0.25) is 15.0 Å². The molecule has 2 amide bonds. The molecule has 0 fully saturated rings. The van der Waals surface area contributed by atoms with Gasteiger partial charge in [-0.15, -0.1) is 0 Å². The number of nitrogens with one attached hydrogen (secondary N) is 1. The van der Waals surface area contributed by atoms with Gasteiger partial charge >= 0.3 is 12.1 Å². The quantitative estimate of drug-likeness (QED) is 0.131. The van der Waals surface area contributed by atoms with Gasteiger partial charge in [-0.05, 0) is 49.7 Å². The molecule has 44 heavy (non-hydrogen) atoms. The van der Waals surface area contributed by atoms with Crippen LogP contribution in [0.25, 0.3) is 0 Å². The number of nitrogens with zero attached hydrogens (tertiary/aromatic N) is 1. The highest BCUT2D eigenvalue weighted by molar-refractivity contribution is 7.96. The molecule has 3 aromatic rings. The maximum Gasteiger partial charge on any atom is 0.411 e. The molecule has 230 valence electrons. The van der Waals surface area contributed by atoms with E-state index in [1.807, 2.05) is 91.0 Å². The van der Waals surface area contributed by atoms with Crippen molar-refractivity contribution in [1.29, 1.82) is 0 Å². The first-order valence-corrected chi connectivity index (χ1v) is 16.1.